The van der Waals surface area contributed by atoms with Gasteiger partial charge in [0.15, 0.2) is 5.82 Å². The molecule has 1 unspecified atom stereocenters. The third-order valence-electron chi connectivity index (χ3n) is 3.50. The fourth-order valence-corrected chi connectivity index (χ4v) is 2.32. The van der Waals surface area contributed by atoms with Crippen molar-refractivity contribution < 1.29 is 4.74 Å². The molecular formula is C13H16N4O. The molecule has 1 fully saturated rings. The Hall–Kier alpha value is -1.75. The summed E-state index contributed by atoms with van der Waals surface area (Å²) in [6.07, 6.45) is 6.30. The summed E-state index contributed by atoms with van der Waals surface area (Å²) in [6, 6.07) is 2.18. The Labute approximate surface area is 106 Å². The minimum atomic E-state index is -0.175. The lowest BCUT2D eigenvalue weighted by Gasteiger charge is -2.27. The van der Waals surface area contributed by atoms with E-state index in [0.717, 1.165) is 29.6 Å². The number of nitrogens with one attached hydrogen (secondary N) is 1. The smallest absolute Gasteiger partial charge is 0.158 e. The summed E-state index contributed by atoms with van der Waals surface area (Å²) < 4.78 is 5.71. The lowest BCUT2D eigenvalue weighted by atomic mass is 9.99. The maximum absolute atomic E-state index is 5.71. The number of aromatic nitrogens is 3. The third-order valence-corrected chi connectivity index (χ3v) is 3.50. The second kappa shape index (κ2) is 4.17. The van der Waals surface area contributed by atoms with Crippen molar-refractivity contribution in [1.29, 1.82) is 0 Å². The molecule has 5 heteroatoms. The molecule has 0 spiro atoms. The molecular weight excluding hydrogens is 228 g/mol. The minimum Gasteiger partial charge on any atom is -0.373 e. The lowest BCUT2D eigenvalue weighted by Crippen LogP contribution is -2.38. The summed E-state index contributed by atoms with van der Waals surface area (Å²) >= 11 is 0. The summed E-state index contributed by atoms with van der Waals surface area (Å²) in [4.78, 5) is 4.15. The van der Waals surface area contributed by atoms with Gasteiger partial charge in [-0.3, -0.25) is 4.98 Å². The fourth-order valence-electron chi connectivity index (χ4n) is 2.32. The Balaban J connectivity index is 1.95. The van der Waals surface area contributed by atoms with Crippen LogP contribution in [-0.2, 0) is 4.74 Å². The van der Waals surface area contributed by atoms with E-state index in [1.54, 1.807) is 12.4 Å². The molecule has 0 aromatic carbocycles. The van der Waals surface area contributed by atoms with Gasteiger partial charge < -0.3 is 10.1 Å². The SMILES string of the molecule is CC1(C)OCCC1Nc1nncc2ccncc12. The van der Waals surface area contributed by atoms with Gasteiger partial charge in [-0.15, -0.1) is 5.10 Å². The van der Waals surface area contributed by atoms with Crippen molar-refractivity contribution in [3.05, 3.63) is 24.7 Å². The van der Waals surface area contributed by atoms with Crippen LogP contribution in [0.15, 0.2) is 24.7 Å². The molecule has 0 bridgehead atoms. The van der Waals surface area contributed by atoms with E-state index in [1.165, 1.54) is 0 Å². The summed E-state index contributed by atoms with van der Waals surface area (Å²) in [5.41, 5.74) is -0.175. The predicted molar refractivity (Wildman–Crippen MR) is 69.4 cm³/mol. The van der Waals surface area contributed by atoms with Crippen LogP contribution in [0.4, 0.5) is 5.82 Å². The van der Waals surface area contributed by atoms with Crippen LogP contribution in [0, 0.1) is 0 Å². The van der Waals surface area contributed by atoms with Crippen LogP contribution >= 0.6 is 0 Å². The molecule has 0 saturated carbocycles. The van der Waals surface area contributed by atoms with Gasteiger partial charge in [-0.05, 0) is 26.3 Å². The normalized spacial score (nSPS) is 22.2. The van der Waals surface area contributed by atoms with E-state index in [0.29, 0.717) is 0 Å². The van der Waals surface area contributed by atoms with Gasteiger partial charge in [-0.25, -0.2) is 0 Å². The maximum Gasteiger partial charge on any atom is 0.158 e. The molecule has 1 aliphatic heterocycles. The highest BCUT2D eigenvalue weighted by Gasteiger charge is 2.36. The Morgan fingerprint density at radius 1 is 1.39 bits per heavy atom. The summed E-state index contributed by atoms with van der Waals surface area (Å²) in [5.74, 6) is 0.782. The summed E-state index contributed by atoms with van der Waals surface area (Å²) in [6.45, 7) is 4.96. The first-order chi connectivity index (χ1) is 8.67. The first kappa shape index (κ1) is 11.3. The quantitative estimate of drug-likeness (QED) is 0.875. The Morgan fingerprint density at radius 2 is 2.28 bits per heavy atom. The van der Waals surface area contributed by atoms with Crippen molar-refractivity contribution in [2.45, 2.75) is 31.9 Å². The monoisotopic (exact) mass is 244 g/mol. The minimum absolute atomic E-state index is 0.175. The molecule has 2 aromatic rings. The van der Waals surface area contributed by atoms with Crippen molar-refractivity contribution in [2.75, 3.05) is 11.9 Å². The number of nitrogens with zero attached hydrogens (tertiary/aromatic N) is 3. The van der Waals surface area contributed by atoms with E-state index in [2.05, 4.69) is 34.3 Å². The number of ether oxygens (including phenoxy) is 1. The van der Waals surface area contributed by atoms with Gasteiger partial charge in [-0.2, -0.15) is 5.10 Å². The fraction of sp³-hybridized carbons (Fsp3) is 0.462. The zero-order chi connectivity index (χ0) is 12.6. The van der Waals surface area contributed by atoms with Gasteiger partial charge >= 0.3 is 0 Å². The van der Waals surface area contributed by atoms with E-state index < -0.39 is 0 Å². The Kier molecular flexibility index (Phi) is 2.63. The Bertz CT molecular complexity index is 564. The second-order valence-electron chi connectivity index (χ2n) is 5.09. The number of hydrogen-bond donors (Lipinski definition) is 1. The van der Waals surface area contributed by atoms with Crippen LogP contribution < -0.4 is 5.32 Å². The van der Waals surface area contributed by atoms with Gasteiger partial charge in [-0.1, -0.05) is 0 Å². The van der Waals surface area contributed by atoms with Crippen LogP contribution in [0.25, 0.3) is 10.8 Å². The van der Waals surface area contributed by atoms with E-state index in [-0.39, 0.29) is 11.6 Å². The van der Waals surface area contributed by atoms with Crippen molar-refractivity contribution in [1.82, 2.24) is 15.2 Å². The molecule has 5 nitrogen and oxygen atoms in total. The number of rotatable bonds is 2. The highest BCUT2D eigenvalue weighted by Crippen LogP contribution is 2.29. The van der Waals surface area contributed by atoms with Gasteiger partial charge in [0.05, 0.1) is 17.8 Å². The van der Waals surface area contributed by atoms with E-state index >= 15 is 0 Å². The third kappa shape index (κ3) is 1.90. The highest BCUT2D eigenvalue weighted by molar-refractivity contribution is 5.90. The number of anilines is 1. The van der Waals surface area contributed by atoms with Gasteiger partial charge in [0.1, 0.15) is 0 Å². The van der Waals surface area contributed by atoms with Crippen LogP contribution in [-0.4, -0.2) is 33.4 Å². The molecule has 3 rings (SSSR count). The average molecular weight is 244 g/mol. The first-order valence-electron chi connectivity index (χ1n) is 6.13. The standard InChI is InChI=1S/C13H16N4O/c1-13(2)11(4-6-18-13)16-12-10-8-14-5-3-9(10)7-15-17-12/h3,5,7-8,11H,4,6H2,1-2H3,(H,16,17). The number of fused-ring (bicyclic) bond motifs is 1. The molecule has 18 heavy (non-hydrogen) atoms. The zero-order valence-corrected chi connectivity index (χ0v) is 10.6. The van der Waals surface area contributed by atoms with Crippen molar-refractivity contribution in [2.24, 2.45) is 0 Å². The maximum atomic E-state index is 5.71. The van der Waals surface area contributed by atoms with Gasteiger partial charge in [0, 0.05) is 29.8 Å². The van der Waals surface area contributed by atoms with Crippen molar-refractivity contribution in [3.63, 3.8) is 0 Å². The van der Waals surface area contributed by atoms with Gasteiger partial charge in [0.2, 0.25) is 0 Å². The molecule has 2 aromatic heterocycles. The molecule has 1 saturated heterocycles. The van der Waals surface area contributed by atoms with E-state index in [1.807, 2.05) is 12.3 Å². The lowest BCUT2D eigenvalue weighted by molar-refractivity contribution is 0.0314. The summed E-state index contributed by atoms with van der Waals surface area (Å²) in [7, 11) is 0. The molecule has 1 atom stereocenters. The van der Waals surface area contributed by atoms with Crippen molar-refractivity contribution >= 4 is 16.6 Å². The van der Waals surface area contributed by atoms with Crippen LogP contribution in [0.5, 0.6) is 0 Å². The van der Waals surface area contributed by atoms with Crippen molar-refractivity contribution in [3.8, 4) is 0 Å². The zero-order valence-electron chi connectivity index (χ0n) is 10.6. The molecule has 94 valence electrons. The predicted octanol–water partition coefficient (Wildman–Crippen LogP) is 2.00. The van der Waals surface area contributed by atoms with Crippen LogP contribution in [0.3, 0.4) is 0 Å². The molecule has 1 N–H and O–H groups in total. The first-order valence-corrected chi connectivity index (χ1v) is 6.13. The second-order valence-corrected chi connectivity index (χ2v) is 5.09. The highest BCUT2D eigenvalue weighted by atomic mass is 16.5. The van der Waals surface area contributed by atoms with Crippen LogP contribution in [0.2, 0.25) is 0 Å². The number of pyridine rings is 1. The molecule has 3 heterocycles. The molecule has 0 aliphatic carbocycles. The van der Waals surface area contributed by atoms with E-state index in [4.69, 9.17) is 4.74 Å². The molecule has 0 radical (unpaired) electrons. The molecule has 1 aliphatic rings. The van der Waals surface area contributed by atoms with Gasteiger partial charge in [0.25, 0.3) is 0 Å². The largest absolute Gasteiger partial charge is 0.373 e. The van der Waals surface area contributed by atoms with Crippen LogP contribution in [0.1, 0.15) is 20.3 Å². The number of hydrogen-bond acceptors (Lipinski definition) is 5. The average Bonchev–Trinajstić information content (AvgIpc) is 2.69. The Morgan fingerprint density at radius 3 is 3.06 bits per heavy atom. The van der Waals surface area contributed by atoms with E-state index in [9.17, 15) is 0 Å². The molecule has 0 amide bonds. The summed E-state index contributed by atoms with van der Waals surface area (Å²) in [5, 5.41) is 13.7. The topological polar surface area (TPSA) is 59.9 Å².